The number of carbonyl (C=O) groups excluding carboxylic acids is 1. The first-order valence-electron chi connectivity index (χ1n) is 23.6. The molecule has 3 aliphatic heterocycles. The number of nitrogens with zero attached hydrogens (tertiary/aromatic N) is 4. The number of aromatic amines is 1. The van der Waals surface area contributed by atoms with Gasteiger partial charge in [0.2, 0.25) is 0 Å². The first-order chi connectivity index (χ1) is 32.1. The van der Waals surface area contributed by atoms with Gasteiger partial charge in [0.05, 0.1) is 38.2 Å². The number of halogens is 1. The van der Waals surface area contributed by atoms with Gasteiger partial charge in [-0.05, 0) is 124 Å². The molecule has 4 N–H and O–H groups in total. The number of nitro groups is 1. The van der Waals surface area contributed by atoms with Crippen LogP contribution in [0.4, 0.5) is 17.1 Å². The molecule has 10 rings (SSSR count). The average Bonchev–Trinajstić information content (AvgIpc) is 3.94. The van der Waals surface area contributed by atoms with Crippen LogP contribution in [-0.2, 0) is 10.0 Å². The van der Waals surface area contributed by atoms with Crippen molar-refractivity contribution >= 4 is 55.6 Å². The maximum absolute atomic E-state index is 14.1. The van der Waals surface area contributed by atoms with Gasteiger partial charge < -0.3 is 29.8 Å². The number of carbonyl (C=O) groups is 1. The van der Waals surface area contributed by atoms with E-state index in [4.69, 9.17) is 21.1 Å². The highest BCUT2D eigenvalue weighted by atomic mass is 35.5. The van der Waals surface area contributed by atoms with Gasteiger partial charge in [-0.1, -0.05) is 49.7 Å². The van der Waals surface area contributed by atoms with E-state index in [2.05, 4.69) is 67.9 Å². The zero-order valence-electron chi connectivity index (χ0n) is 38.1. The summed E-state index contributed by atoms with van der Waals surface area (Å²) in [5, 5.41) is 27.1. The number of pyridine rings is 1. The second kappa shape index (κ2) is 17.6. The van der Waals surface area contributed by atoms with Gasteiger partial charge in [-0.15, -0.1) is 0 Å². The van der Waals surface area contributed by atoms with Crippen LogP contribution >= 0.6 is 11.6 Å². The number of benzene rings is 3. The van der Waals surface area contributed by atoms with Gasteiger partial charge in [0.1, 0.15) is 23.8 Å². The number of hydrogen-bond acceptors (Lipinski definition) is 12. The number of rotatable bonds is 11. The van der Waals surface area contributed by atoms with Gasteiger partial charge in [0, 0.05) is 60.6 Å². The average molecular weight is 953 g/mol. The van der Waals surface area contributed by atoms with Crippen molar-refractivity contribution in [2.75, 3.05) is 36.5 Å². The number of aliphatic hydroxyl groups is 1. The van der Waals surface area contributed by atoms with E-state index in [1.54, 1.807) is 37.4 Å². The van der Waals surface area contributed by atoms with E-state index in [-0.39, 0.29) is 52.5 Å². The fraction of sp³-hybridized carbons (Fsp3) is 0.480. The number of hydrogen-bond donors (Lipinski definition) is 4. The summed E-state index contributed by atoms with van der Waals surface area (Å²) < 4.78 is 42.5. The van der Waals surface area contributed by atoms with Crippen LogP contribution in [0.15, 0.2) is 78.0 Å². The van der Waals surface area contributed by atoms with Crippen molar-refractivity contribution in [1.29, 1.82) is 0 Å². The predicted octanol–water partition coefficient (Wildman–Crippen LogP) is 9.86. The quantitative estimate of drug-likeness (QED) is 0.0725. The van der Waals surface area contributed by atoms with Crippen LogP contribution < -0.4 is 24.4 Å². The Morgan fingerprint density at radius 1 is 1.04 bits per heavy atom. The maximum Gasteiger partial charge on any atom is 0.297 e. The van der Waals surface area contributed by atoms with Gasteiger partial charge in [-0.3, -0.25) is 19.8 Å². The molecule has 5 aliphatic rings. The molecule has 2 aliphatic carbocycles. The third-order valence-corrected chi connectivity index (χ3v) is 17.0. The first kappa shape index (κ1) is 45.4. The van der Waals surface area contributed by atoms with Crippen LogP contribution in [0.25, 0.3) is 11.0 Å². The van der Waals surface area contributed by atoms with Crippen molar-refractivity contribution in [3.05, 3.63) is 105 Å². The van der Waals surface area contributed by atoms with Crippen molar-refractivity contribution < 1.29 is 32.7 Å². The Kier molecular flexibility index (Phi) is 11.9. The number of sulfonamides is 1. The summed E-state index contributed by atoms with van der Waals surface area (Å²) in [6.07, 6.45) is 12.6. The molecule has 67 heavy (non-hydrogen) atoms. The number of fused-ring (bicyclic) bond motifs is 2. The standard InChI is InChI=1S/C50H58ClN7O8S/c1-30(2)36-7-4-5-8-37(36)42-9-6-18-57(42)33-25-50(26-33)16-19-56(20-17-50)32-10-11-38(44(21-32)66-34-22-39-40(51)28-53-47(39)52-27-34)48(59)55-67(63,64)35-23-43(58(61)62)46-45(24-35)65-29-41(54-46)31-12-14-49(3,60)15-13-31/h4-5,7-8,10-11,21-24,27-28,30-31,33,41-42,54,60H,6,9,12-20,25-26,29H2,1-3H3,(H,52,53)(H,55,59)/t31-,41-,42?,49-/m1/s1. The van der Waals surface area contributed by atoms with Gasteiger partial charge in [0.15, 0.2) is 11.4 Å². The molecule has 1 spiro atoms. The molecule has 1 unspecified atom stereocenters. The number of likely N-dealkylation sites (tertiary alicyclic amines) is 1. The van der Waals surface area contributed by atoms with E-state index in [0.717, 1.165) is 44.2 Å². The van der Waals surface area contributed by atoms with Crippen molar-refractivity contribution in [2.24, 2.45) is 11.3 Å². The predicted molar refractivity (Wildman–Crippen MR) is 257 cm³/mol. The summed E-state index contributed by atoms with van der Waals surface area (Å²) in [5.41, 5.74) is 3.36. The fourth-order valence-electron chi connectivity index (χ4n) is 11.5. The molecule has 2 saturated carbocycles. The molecular weight excluding hydrogens is 894 g/mol. The smallest absolute Gasteiger partial charge is 0.297 e. The first-order valence-corrected chi connectivity index (χ1v) is 25.5. The van der Waals surface area contributed by atoms with E-state index < -0.39 is 37.0 Å². The minimum absolute atomic E-state index is 0.00542. The molecule has 4 fully saturated rings. The lowest BCUT2D eigenvalue weighted by Gasteiger charge is -2.56. The molecule has 17 heteroatoms. The Morgan fingerprint density at radius 2 is 1.81 bits per heavy atom. The van der Waals surface area contributed by atoms with Gasteiger partial charge >= 0.3 is 0 Å². The van der Waals surface area contributed by atoms with Crippen molar-refractivity contribution in [3.63, 3.8) is 0 Å². The van der Waals surface area contributed by atoms with E-state index in [1.807, 2.05) is 0 Å². The molecule has 0 bridgehead atoms. The Hall–Kier alpha value is -5.42. The van der Waals surface area contributed by atoms with E-state index in [1.165, 1.54) is 49.1 Å². The number of aromatic nitrogens is 2. The molecule has 354 valence electrons. The lowest BCUT2D eigenvalue weighted by molar-refractivity contribution is -0.384. The Morgan fingerprint density at radius 3 is 2.55 bits per heavy atom. The van der Waals surface area contributed by atoms with Crippen LogP contribution in [0.2, 0.25) is 5.02 Å². The summed E-state index contributed by atoms with van der Waals surface area (Å²) in [6.45, 7) is 9.29. The van der Waals surface area contributed by atoms with Crippen molar-refractivity contribution in [3.8, 4) is 17.2 Å². The van der Waals surface area contributed by atoms with E-state index in [9.17, 15) is 28.4 Å². The summed E-state index contributed by atoms with van der Waals surface area (Å²) in [4.78, 5) is 37.9. The highest BCUT2D eigenvalue weighted by molar-refractivity contribution is 7.90. The van der Waals surface area contributed by atoms with Crippen LogP contribution in [0.1, 0.15) is 118 Å². The second-order valence-corrected chi connectivity index (χ2v) is 22.2. The summed E-state index contributed by atoms with van der Waals surface area (Å²) in [6, 6.07) is 18.7. The number of anilines is 2. The highest BCUT2D eigenvalue weighted by Gasteiger charge is 2.50. The van der Waals surface area contributed by atoms with Crippen LogP contribution in [0, 0.1) is 21.4 Å². The fourth-order valence-corrected chi connectivity index (χ4v) is 12.7. The molecule has 2 aromatic heterocycles. The number of nitrogens with one attached hydrogen (secondary N) is 3. The minimum atomic E-state index is -4.68. The third-order valence-electron chi connectivity index (χ3n) is 15.4. The molecule has 0 radical (unpaired) electrons. The summed E-state index contributed by atoms with van der Waals surface area (Å²) >= 11 is 6.42. The highest BCUT2D eigenvalue weighted by Crippen LogP contribution is 2.54. The monoisotopic (exact) mass is 951 g/mol. The molecular formula is C50H58ClN7O8S. The van der Waals surface area contributed by atoms with Crippen LogP contribution in [0.3, 0.4) is 0 Å². The van der Waals surface area contributed by atoms with Gasteiger partial charge in [0.25, 0.3) is 21.6 Å². The molecule has 15 nitrogen and oxygen atoms in total. The molecule has 1 amide bonds. The number of piperidine rings is 1. The lowest BCUT2D eigenvalue weighted by Crippen LogP contribution is -2.54. The minimum Gasteiger partial charge on any atom is -0.489 e. The zero-order chi connectivity index (χ0) is 46.8. The van der Waals surface area contributed by atoms with Crippen molar-refractivity contribution in [2.45, 2.75) is 120 Å². The topological polar surface area (TPSA) is 192 Å². The number of nitro benzene ring substituents is 1. The van der Waals surface area contributed by atoms with E-state index >= 15 is 0 Å². The molecule has 5 aromatic rings. The number of H-pyrrole nitrogens is 1. The van der Waals surface area contributed by atoms with Crippen molar-refractivity contribution in [1.82, 2.24) is 19.6 Å². The largest absolute Gasteiger partial charge is 0.489 e. The lowest BCUT2D eigenvalue weighted by atomic mass is 9.59. The summed E-state index contributed by atoms with van der Waals surface area (Å²) in [5.74, 6) is -0.0262. The Bertz CT molecular complexity index is 2830. The number of ether oxygens (including phenoxy) is 2. The third kappa shape index (κ3) is 8.93. The Labute approximate surface area is 395 Å². The van der Waals surface area contributed by atoms with Crippen LogP contribution in [-0.4, -0.2) is 83.1 Å². The van der Waals surface area contributed by atoms with Gasteiger partial charge in [-0.25, -0.2) is 18.1 Å². The normalized spacial score (nSPS) is 24.2. The summed E-state index contributed by atoms with van der Waals surface area (Å²) in [7, 11) is -4.68. The van der Waals surface area contributed by atoms with Crippen LogP contribution in [0.5, 0.6) is 17.2 Å². The molecule has 3 aromatic carbocycles. The molecule has 2 atom stereocenters. The zero-order valence-corrected chi connectivity index (χ0v) is 39.7. The Balaban J connectivity index is 0.863. The molecule has 2 saturated heterocycles. The molecule has 5 heterocycles. The maximum atomic E-state index is 14.1. The van der Waals surface area contributed by atoms with E-state index in [0.29, 0.717) is 59.7 Å². The second-order valence-electron chi connectivity index (χ2n) is 20.1. The number of amides is 1. The van der Waals surface area contributed by atoms with Gasteiger partial charge in [-0.2, -0.15) is 0 Å². The SMILES string of the molecule is CC(C)c1ccccc1C1CCCN1C1CC2(CCN(c3ccc(C(=O)NS(=O)(=O)c4cc5c(c([N+](=O)[O-])c4)N[C@@H]([C@H]4CC[C@](C)(O)CC4)CO5)c(Oc4cnc5[nH]cc(Cl)c5c4)c3)CC2)C1.